The Hall–Kier alpha value is -1.50. The van der Waals surface area contributed by atoms with Gasteiger partial charge in [-0.05, 0) is 37.2 Å². The third kappa shape index (κ3) is 2.66. The normalized spacial score (nSPS) is 22.9. The van der Waals surface area contributed by atoms with Crippen LogP contribution in [0, 0.1) is 5.92 Å². The lowest BCUT2D eigenvalue weighted by Gasteiger charge is -2.11. The molecule has 7 heteroatoms. The fourth-order valence-corrected chi connectivity index (χ4v) is 2.85. The Labute approximate surface area is 109 Å². The van der Waals surface area contributed by atoms with Crippen LogP contribution in [0.2, 0.25) is 0 Å². The summed E-state index contributed by atoms with van der Waals surface area (Å²) in [5.41, 5.74) is 0.699. The summed E-state index contributed by atoms with van der Waals surface area (Å²) in [7, 11) is 0. The van der Waals surface area contributed by atoms with Crippen molar-refractivity contribution in [2.75, 3.05) is 0 Å². The Morgan fingerprint density at radius 1 is 1.50 bits per heavy atom. The van der Waals surface area contributed by atoms with Crippen LogP contribution in [0.1, 0.15) is 41.6 Å². The number of nitrogens with zero attached hydrogens (tertiary/aromatic N) is 2. The first-order valence-electron chi connectivity index (χ1n) is 5.96. The molecular weight excluding hydrogens is 254 g/mol. The maximum atomic E-state index is 12.0. The van der Waals surface area contributed by atoms with Gasteiger partial charge in [0, 0.05) is 6.04 Å². The Bertz CT molecular complexity index is 460. The van der Waals surface area contributed by atoms with E-state index in [1.807, 2.05) is 6.92 Å². The molecule has 0 radical (unpaired) electrons. The average Bonchev–Trinajstić information content (AvgIpc) is 2.96. The van der Waals surface area contributed by atoms with E-state index < -0.39 is 5.97 Å². The Morgan fingerprint density at radius 3 is 2.89 bits per heavy atom. The van der Waals surface area contributed by atoms with Gasteiger partial charge in [-0.1, -0.05) is 11.4 Å². The van der Waals surface area contributed by atoms with Crippen LogP contribution in [-0.4, -0.2) is 32.6 Å². The van der Waals surface area contributed by atoms with Gasteiger partial charge in [0.25, 0.3) is 5.91 Å². The van der Waals surface area contributed by atoms with Crippen LogP contribution in [0.25, 0.3) is 0 Å². The molecule has 0 aromatic carbocycles. The first kappa shape index (κ1) is 12.9. The second-order valence-electron chi connectivity index (χ2n) is 4.42. The summed E-state index contributed by atoms with van der Waals surface area (Å²) >= 11 is 1.08. The number of hydrogen-bond donors (Lipinski definition) is 2. The van der Waals surface area contributed by atoms with Gasteiger partial charge in [0.2, 0.25) is 0 Å². The number of carboxylic acids is 1. The number of aromatic nitrogens is 2. The van der Waals surface area contributed by atoms with Gasteiger partial charge in [-0.25, -0.2) is 0 Å². The SMILES string of the molecule is CCc1nnsc1C(=O)N[C@@H]1CC[C@H](C(=O)O)C1. The van der Waals surface area contributed by atoms with Crippen molar-refractivity contribution in [1.29, 1.82) is 0 Å². The molecule has 1 saturated carbocycles. The molecule has 0 bridgehead atoms. The van der Waals surface area contributed by atoms with Gasteiger partial charge < -0.3 is 10.4 Å². The molecule has 1 fully saturated rings. The number of nitrogens with one attached hydrogen (secondary N) is 1. The number of amides is 1. The number of rotatable bonds is 4. The molecule has 1 aromatic rings. The van der Waals surface area contributed by atoms with Crippen molar-refractivity contribution in [3.63, 3.8) is 0 Å². The molecule has 0 spiro atoms. The molecule has 0 unspecified atom stereocenters. The van der Waals surface area contributed by atoms with E-state index in [0.29, 0.717) is 29.8 Å². The molecule has 1 amide bonds. The third-order valence-corrected chi connectivity index (χ3v) is 3.98. The predicted octanol–water partition coefficient (Wildman–Crippen LogP) is 1.08. The molecule has 1 heterocycles. The van der Waals surface area contributed by atoms with Crippen molar-refractivity contribution in [2.45, 2.75) is 38.6 Å². The standard InChI is InChI=1S/C11H15N3O3S/c1-2-8-9(18-14-13-8)10(15)12-7-4-3-6(5-7)11(16)17/h6-7H,2-5H2,1H3,(H,12,15)(H,16,17)/t6-,7+/m0/s1. The minimum absolute atomic E-state index is 0.0505. The average molecular weight is 269 g/mol. The Morgan fingerprint density at radius 2 is 2.28 bits per heavy atom. The fourth-order valence-electron chi connectivity index (χ4n) is 2.20. The maximum absolute atomic E-state index is 12.0. The number of carbonyl (C=O) groups excluding carboxylic acids is 1. The molecule has 2 rings (SSSR count). The molecule has 1 aromatic heterocycles. The minimum Gasteiger partial charge on any atom is -0.481 e. The van der Waals surface area contributed by atoms with Crippen molar-refractivity contribution in [3.05, 3.63) is 10.6 Å². The largest absolute Gasteiger partial charge is 0.481 e. The van der Waals surface area contributed by atoms with Crippen LogP contribution < -0.4 is 5.32 Å². The van der Waals surface area contributed by atoms with E-state index in [1.54, 1.807) is 0 Å². The highest BCUT2D eigenvalue weighted by Crippen LogP contribution is 2.26. The van der Waals surface area contributed by atoms with Crippen LogP contribution in [-0.2, 0) is 11.2 Å². The molecule has 1 aliphatic rings. The summed E-state index contributed by atoms with van der Waals surface area (Å²) in [5.74, 6) is -1.29. The number of carboxylic acid groups (broad SMARTS) is 1. The van der Waals surface area contributed by atoms with Gasteiger partial charge in [0.05, 0.1) is 11.6 Å². The van der Waals surface area contributed by atoms with Gasteiger partial charge in [-0.15, -0.1) is 5.10 Å². The number of aryl methyl sites for hydroxylation is 1. The van der Waals surface area contributed by atoms with Crippen molar-refractivity contribution in [1.82, 2.24) is 14.9 Å². The lowest BCUT2D eigenvalue weighted by atomic mass is 10.1. The van der Waals surface area contributed by atoms with Gasteiger partial charge in [0.15, 0.2) is 0 Å². The highest BCUT2D eigenvalue weighted by molar-refractivity contribution is 7.08. The summed E-state index contributed by atoms with van der Waals surface area (Å²) in [6, 6.07) is -0.0505. The van der Waals surface area contributed by atoms with Crippen LogP contribution in [0.5, 0.6) is 0 Å². The van der Waals surface area contributed by atoms with Crippen molar-refractivity contribution in [2.24, 2.45) is 5.92 Å². The number of aliphatic carboxylic acids is 1. The quantitative estimate of drug-likeness (QED) is 0.853. The second kappa shape index (κ2) is 5.43. The van der Waals surface area contributed by atoms with E-state index in [0.717, 1.165) is 18.0 Å². The summed E-state index contributed by atoms with van der Waals surface area (Å²) < 4.78 is 3.77. The molecule has 2 atom stereocenters. The Kier molecular flexibility index (Phi) is 3.90. The van der Waals surface area contributed by atoms with Crippen LogP contribution in [0.3, 0.4) is 0 Å². The summed E-state index contributed by atoms with van der Waals surface area (Å²) in [6.45, 7) is 1.92. The molecule has 0 aliphatic heterocycles. The molecule has 1 aliphatic carbocycles. The van der Waals surface area contributed by atoms with E-state index in [-0.39, 0.29) is 17.9 Å². The summed E-state index contributed by atoms with van der Waals surface area (Å²) in [4.78, 5) is 23.4. The third-order valence-electron chi connectivity index (χ3n) is 3.21. The van der Waals surface area contributed by atoms with E-state index in [9.17, 15) is 9.59 Å². The monoisotopic (exact) mass is 269 g/mol. The zero-order chi connectivity index (χ0) is 13.1. The minimum atomic E-state index is -0.777. The van der Waals surface area contributed by atoms with Crippen LogP contribution in [0.15, 0.2) is 0 Å². The molecule has 2 N–H and O–H groups in total. The first-order valence-corrected chi connectivity index (χ1v) is 6.74. The Balaban J connectivity index is 1.95. The van der Waals surface area contributed by atoms with Crippen LogP contribution in [0.4, 0.5) is 0 Å². The number of carbonyl (C=O) groups is 2. The van der Waals surface area contributed by atoms with Gasteiger partial charge in [0.1, 0.15) is 4.88 Å². The van der Waals surface area contributed by atoms with Crippen LogP contribution >= 0.6 is 11.5 Å². The van der Waals surface area contributed by atoms with E-state index in [4.69, 9.17) is 5.11 Å². The van der Waals surface area contributed by atoms with Crippen molar-refractivity contribution >= 4 is 23.4 Å². The zero-order valence-corrected chi connectivity index (χ0v) is 10.9. The first-order chi connectivity index (χ1) is 8.61. The zero-order valence-electron chi connectivity index (χ0n) is 10.0. The topological polar surface area (TPSA) is 92.2 Å². The van der Waals surface area contributed by atoms with Gasteiger partial charge in [-0.2, -0.15) is 0 Å². The van der Waals surface area contributed by atoms with E-state index >= 15 is 0 Å². The molecule has 6 nitrogen and oxygen atoms in total. The summed E-state index contributed by atoms with van der Waals surface area (Å²) in [6.07, 6.45) is 2.52. The highest BCUT2D eigenvalue weighted by Gasteiger charge is 2.31. The number of hydrogen-bond acceptors (Lipinski definition) is 5. The van der Waals surface area contributed by atoms with E-state index in [2.05, 4.69) is 14.9 Å². The summed E-state index contributed by atoms with van der Waals surface area (Å²) in [5, 5.41) is 15.7. The lowest BCUT2D eigenvalue weighted by Crippen LogP contribution is -2.33. The van der Waals surface area contributed by atoms with Gasteiger partial charge >= 0.3 is 5.97 Å². The highest BCUT2D eigenvalue weighted by atomic mass is 32.1. The molecule has 0 saturated heterocycles. The van der Waals surface area contributed by atoms with Crippen molar-refractivity contribution in [3.8, 4) is 0 Å². The molecule has 18 heavy (non-hydrogen) atoms. The molecule has 98 valence electrons. The van der Waals surface area contributed by atoms with Gasteiger partial charge in [-0.3, -0.25) is 9.59 Å². The lowest BCUT2D eigenvalue weighted by molar-refractivity contribution is -0.141. The predicted molar refractivity (Wildman–Crippen MR) is 65.5 cm³/mol. The maximum Gasteiger partial charge on any atom is 0.306 e. The smallest absolute Gasteiger partial charge is 0.306 e. The van der Waals surface area contributed by atoms with E-state index in [1.165, 1.54) is 0 Å². The second-order valence-corrected chi connectivity index (χ2v) is 5.18. The van der Waals surface area contributed by atoms with Crippen molar-refractivity contribution < 1.29 is 14.7 Å². The fraction of sp³-hybridized carbons (Fsp3) is 0.636. The molecular formula is C11H15N3O3S.